The summed E-state index contributed by atoms with van der Waals surface area (Å²) in [7, 11) is 1.57. The van der Waals surface area contributed by atoms with Crippen molar-refractivity contribution in [2.45, 2.75) is 20.0 Å². The van der Waals surface area contributed by atoms with Crippen LogP contribution in [0.2, 0.25) is 0 Å². The lowest BCUT2D eigenvalue weighted by Gasteiger charge is -2.06. The molecular formula is C13H15NO4. The number of hydrogen-bond donors (Lipinski definition) is 1. The van der Waals surface area contributed by atoms with Crippen LogP contribution in [0.3, 0.4) is 0 Å². The number of ether oxygens (including phenoxy) is 2. The molecule has 5 nitrogen and oxygen atoms in total. The van der Waals surface area contributed by atoms with E-state index in [-0.39, 0.29) is 17.8 Å². The molecule has 2 N–H and O–H groups in total. The Morgan fingerprint density at radius 2 is 2.06 bits per heavy atom. The Bertz CT molecular complexity index is 586. The van der Waals surface area contributed by atoms with Gasteiger partial charge in [-0.05, 0) is 32.0 Å². The van der Waals surface area contributed by atoms with Gasteiger partial charge in [-0.15, -0.1) is 0 Å². The monoisotopic (exact) mass is 249 g/mol. The number of rotatable bonds is 4. The molecule has 0 saturated carbocycles. The zero-order chi connectivity index (χ0) is 13.3. The minimum Gasteiger partial charge on any atom is -0.497 e. The first-order valence-electron chi connectivity index (χ1n) is 5.60. The molecule has 2 rings (SSSR count). The smallest absolute Gasteiger partial charge is 0.293 e. The van der Waals surface area contributed by atoms with Crippen LogP contribution in [0.1, 0.15) is 24.4 Å². The van der Waals surface area contributed by atoms with Gasteiger partial charge in [0.1, 0.15) is 5.75 Å². The average molecular weight is 249 g/mol. The highest BCUT2D eigenvalue weighted by molar-refractivity contribution is 6.06. The highest BCUT2D eigenvalue weighted by Gasteiger charge is 2.19. The Balaban J connectivity index is 2.64. The zero-order valence-corrected chi connectivity index (χ0v) is 10.5. The quantitative estimate of drug-likeness (QED) is 0.902. The minimum absolute atomic E-state index is 0.0636. The van der Waals surface area contributed by atoms with Gasteiger partial charge in [-0.2, -0.15) is 0 Å². The Hall–Kier alpha value is -2.17. The second-order valence-corrected chi connectivity index (χ2v) is 4.16. The van der Waals surface area contributed by atoms with Crippen molar-refractivity contribution in [3.05, 3.63) is 24.0 Å². The summed E-state index contributed by atoms with van der Waals surface area (Å²) in [5.41, 5.74) is 5.28. The van der Waals surface area contributed by atoms with Gasteiger partial charge < -0.3 is 19.6 Å². The normalized spacial score (nSPS) is 10.9. The SMILES string of the molecule is COc1ccc2c(C(N)=O)oc(OC(C)C)c2c1. The van der Waals surface area contributed by atoms with Crippen LogP contribution in [0.4, 0.5) is 0 Å². The van der Waals surface area contributed by atoms with E-state index in [2.05, 4.69) is 0 Å². The van der Waals surface area contributed by atoms with Gasteiger partial charge in [0.2, 0.25) is 5.76 Å². The number of furan rings is 1. The molecule has 2 aromatic rings. The molecule has 0 saturated heterocycles. The summed E-state index contributed by atoms with van der Waals surface area (Å²) in [6, 6.07) is 5.22. The van der Waals surface area contributed by atoms with Crippen LogP contribution in [0.15, 0.2) is 22.6 Å². The first-order valence-corrected chi connectivity index (χ1v) is 5.60. The van der Waals surface area contributed by atoms with Crippen molar-refractivity contribution in [3.8, 4) is 11.7 Å². The number of hydrogen-bond acceptors (Lipinski definition) is 4. The van der Waals surface area contributed by atoms with Crippen LogP contribution in [0.5, 0.6) is 11.7 Å². The van der Waals surface area contributed by atoms with Crippen LogP contribution in [-0.2, 0) is 0 Å². The van der Waals surface area contributed by atoms with E-state index in [1.165, 1.54) is 0 Å². The van der Waals surface area contributed by atoms with E-state index in [0.29, 0.717) is 16.5 Å². The molecule has 18 heavy (non-hydrogen) atoms. The van der Waals surface area contributed by atoms with Crippen molar-refractivity contribution in [1.29, 1.82) is 0 Å². The third-order valence-electron chi connectivity index (χ3n) is 2.45. The van der Waals surface area contributed by atoms with Crippen molar-refractivity contribution < 1.29 is 18.7 Å². The molecule has 1 amide bonds. The van der Waals surface area contributed by atoms with Gasteiger partial charge in [0, 0.05) is 5.39 Å². The molecule has 1 aromatic carbocycles. The fourth-order valence-corrected chi connectivity index (χ4v) is 1.70. The van der Waals surface area contributed by atoms with Gasteiger partial charge in [0.15, 0.2) is 0 Å². The molecule has 1 heterocycles. The van der Waals surface area contributed by atoms with Crippen LogP contribution >= 0.6 is 0 Å². The van der Waals surface area contributed by atoms with E-state index in [0.717, 1.165) is 0 Å². The average Bonchev–Trinajstić information content (AvgIpc) is 2.67. The summed E-state index contributed by atoms with van der Waals surface area (Å²) >= 11 is 0. The first kappa shape index (κ1) is 12.3. The molecule has 0 aliphatic carbocycles. The predicted octanol–water partition coefficient (Wildman–Crippen LogP) is 2.33. The molecule has 0 radical (unpaired) electrons. The molecule has 0 atom stereocenters. The standard InChI is InChI=1S/C13H15NO4/c1-7(2)17-13-10-6-8(16-3)4-5-9(10)11(18-13)12(14)15/h4-7H,1-3H3,(H2,14,15). The number of carbonyl (C=O) groups excluding carboxylic acids is 1. The van der Waals surface area contributed by atoms with Crippen LogP contribution < -0.4 is 15.2 Å². The molecular weight excluding hydrogens is 234 g/mol. The van der Waals surface area contributed by atoms with Crippen molar-refractivity contribution in [1.82, 2.24) is 0 Å². The van der Waals surface area contributed by atoms with E-state index in [1.807, 2.05) is 13.8 Å². The lowest BCUT2D eigenvalue weighted by atomic mass is 10.1. The summed E-state index contributed by atoms with van der Waals surface area (Å²) in [4.78, 5) is 11.3. The van der Waals surface area contributed by atoms with E-state index in [4.69, 9.17) is 19.6 Å². The van der Waals surface area contributed by atoms with Crippen molar-refractivity contribution in [2.75, 3.05) is 7.11 Å². The van der Waals surface area contributed by atoms with E-state index >= 15 is 0 Å². The Morgan fingerprint density at radius 3 is 2.61 bits per heavy atom. The zero-order valence-electron chi connectivity index (χ0n) is 10.5. The predicted molar refractivity (Wildman–Crippen MR) is 67.0 cm³/mol. The van der Waals surface area contributed by atoms with Gasteiger partial charge in [-0.1, -0.05) is 0 Å². The third kappa shape index (κ3) is 2.11. The number of methoxy groups -OCH3 is 1. The summed E-state index contributed by atoms with van der Waals surface area (Å²) in [5.74, 6) is 0.424. The maximum Gasteiger partial charge on any atom is 0.293 e. The molecule has 0 aliphatic heterocycles. The highest BCUT2D eigenvalue weighted by atomic mass is 16.6. The van der Waals surface area contributed by atoms with E-state index in [1.54, 1.807) is 25.3 Å². The summed E-state index contributed by atoms with van der Waals surface area (Å²) in [5, 5.41) is 1.30. The van der Waals surface area contributed by atoms with Crippen LogP contribution in [-0.4, -0.2) is 19.1 Å². The highest BCUT2D eigenvalue weighted by Crippen LogP contribution is 2.35. The molecule has 96 valence electrons. The molecule has 5 heteroatoms. The number of nitrogens with two attached hydrogens (primary N) is 1. The van der Waals surface area contributed by atoms with Gasteiger partial charge in [0.05, 0.1) is 18.6 Å². The summed E-state index contributed by atoms with van der Waals surface area (Å²) < 4.78 is 16.1. The van der Waals surface area contributed by atoms with Gasteiger partial charge in [-0.25, -0.2) is 0 Å². The van der Waals surface area contributed by atoms with E-state index < -0.39 is 5.91 Å². The number of benzene rings is 1. The van der Waals surface area contributed by atoms with Gasteiger partial charge in [-0.3, -0.25) is 4.79 Å². The molecule has 1 aromatic heterocycles. The molecule has 0 spiro atoms. The summed E-state index contributed by atoms with van der Waals surface area (Å²) in [6.07, 6.45) is -0.0636. The molecule has 0 aliphatic rings. The van der Waals surface area contributed by atoms with Crippen LogP contribution in [0, 0.1) is 0 Å². The maximum absolute atomic E-state index is 11.3. The second-order valence-electron chi connectivity index (χ2n) is 4.16. The lowest BCUT2D eigenvalue weighted by Crippen LogP contribution is -2.10. The fraction of sp³-hybridized carbons (Fsp3) is 0.308. The fourth-order valence-electron chi connectivity index (χ4n) is 1.70. The van der Waals surface area contributed by atoms with Crippen molar-refractivity contribution in [2.24, 2.45) is 5.73 Å². The Kier molecular flexibility index (Phi) is 3.14. The Labute approximate surface area is 104 Å². The van der Waals surface area contributed by atoms with E-state index in [9.17, 15) is 4.79 Å². The number of carbonyl (C=O) groups is 1. The Morgan fingerprint density at radius 1 is 1.33 bits per heavy atom. The maximum atomic E-state index is 11.3. The minimum atomic E-state index is -0.622. The van der Waals surface area contributed by atoms with Crippen LogP contribution in [0.25, 0.3) is 10.8 Å². The lowest BCUT2D eigenvalue weighted by molar-refractivity contribution is 0.0961. The first-order chi connectivity index (χ1) is 8.52. The molecule has 0 bridgehead atoms. The second kappa shape index (κ2) is 4.60. The largest absolute Gasteiger partial charge is 0.497 e. The van der Waals surface area contributed by atoms with Crippen molar-refractivity contribution in [3.63, 3.8) is 0 Å². The third-order valence-corrected chi connectivity index (χ3v) is 2.45. The summed E-state index contributed by atoms with van der Waals surface area (Å²) in [6.45, 7) is 3.75. The molecule has 0 fully saturated rings. The number of primary amides is 1. The van der Waals surface area contributed by atoms with Gasteiger partial charge in [0.25, 0.3) is 11.9 Å². The number of fused-ring (bicyclic) bond motifs is 1. The molecule has 0 unspecified atom stereocenters. The number of amides is 1. The topological polar surface area (TPSA) is 74.7 Å². The van der Waals surface area contributed by atoms with Gasteiger partial charge >= 0.3 is 0 Å². The van der Waals surface area contributed by atoms with Crippen molar-refractivity contribution >= 4 is 16.7 Å².